The fourth-order valence-electron chi connectivity index (χ4n) is 2.56. The van der Waals surface area contributed by atoms with Crippen LogP contribution in [-0.4, -0.2) is 12.1 Å². The number of nitriles is 1. The second-order valence-corrected chi connectivity index (χ2v) is 5.27. The van der Waals surface area contributed by atoms with Crippen molar-refractivity contribution >= 4 is 11.6 Å². The number of hydrogen-bond donors (Lipinski definition) is 1. The van der Waals surface area contributed by atoms with Gasteiger partial charge in [-0.1, -0.05) is 0 Å². The minimum Gasteiger partial charge on any atom is -0.326 e. The first-order valence-corrected chi connectivity index (χ1v) is 6.78. The van der Waals surface area contributed by atoms with Gasteiger partial charge in [-0.05, 0) is 49.9 Å². The highest BCUT2D eigenvalue weighted by atomic mass is 19.4. The summed E-state index contributed by atoms with van der Waals surface area (Å²) < 4.78 is 37.7. The Morgan fingerprint density at radius 1 is 1.14 bits per heavy atom. The first-order valence-electron chi connectivity index (χ1n) is 6.78. The number of alkyl halides is 3. The molecule has 0 saturated heterocycles. The minimum atomic E-state index is -4.16. The largest absolute Gasteiger partial charge is 0.391 e. The Hall–Kier alpha value is -2.03. The van der Waals surface area contributed by atoms with E-state index in [2.05, 4.69) is 5.32 Å². The molecule has 1 aliphatic carbocycles. The molecule has 0 aromatic heterocycles. The van der Waals surface area contributed by atoms with E-state index in [1.807, 2.05) is 6.07 Å². The van der Waals surface area contributed by atoms with Crippen LogP contribution in [0.5, 0.6) is 0 Å². The van der Waals surface area contributed by atoms with Gasteiger partial charge in [-0.2, -0.15) is 18.4 Å². The van der Waals surface area contributed by atoms with E-state index in [9.17, 15) is 18.0 Å². The minimum absolute atomic E-state index is 0.00889. The Balaban J connectivity index is 1.89. The van der Waals surface area contributed by atoms with Crippen LogP contribution in [0.1, 0.15) is 31.2 Å². The number of carbonyl (C=O) groups excluding carboxylic acids is 1. The summed E-state index contributed by atoms with van der Waals surface area (Å²) in [6, 6.07) is 8.35. The first-order chi connectivity index (χ1) is 9.90. The highest BCUT2D eigenvalue weighted by Gasteiger charge is 2.42. The van der Waals surface area contributed by atoms with Crippen LogP contribution in [0.25, 0.3) is 0 Å². The SMILES string of the molecule is N#Cc1ccc(NC(=O)C2CCC(C(F)(F)F)CC2)cc1. The summed E-state index contributed by atoms with van der Waals surface area (Å²) in [5, 5.41) is 11.4. The molecule has 112 valence electrons. The maximum absolute atomic E-state index is 12.6. The van der Waals surface area contributed by atoms with Gasteiger partial charge in [0.25, 0.3) is 0 Å². The summed E-state index contributed by atoms with van der Waals surface area (Å²) in [5.41, 5.74) is 1.04. The smallest absolute Gasteiger partial charge is 0.326 e. The summed E-state index contributed by atoms with van der Waals surface area (Å²) in [5.74, 6) is -1.91. The van der Waals surface area contributed by atoms with Crippen LogP contribution < -0.4 is 5.32 Å². The molecule has 1 aromatic rings. The molecule has 1 N–H and O–H groups in total. The number of hydrogen-bond acceptors (Lipinski definition) is 2. The van der Waals surface area contributed by atoms with Crippen molar-refractivity contribution in [3.05, 3.63) is 29.8 Å². The van der Waals surface area contributed by atoms with Gasteiger partial charge in [0, 0.05) is 11.6 Å². The van der Waals surface area contributed by atoms with Crippen molar-refractivity contribution in [2.45, 2.75) is 31.9 Å². The van der Waals surface area contributed by atoms with Gasteiger partial charge in [-0.3, -0.25) is 4.79 Å². The number of benzene rings is 1. The van der Waals surface area contributed by atoms with Crippen LogP contribution in [0.4, 0.5) is 18.9 Å². The highest BCUT2D eigenvalue weighted by molar-refractivity contribution is 5.92. The van der Waals surface area contributed by atoms with Gasteiger partial charge in [-0.25, -0.2) is 0 Å². The van der Waals surface area contributed by atoms with E-state index in [-0.39, 0.29) is 37.5 Å². The molecule has 0 heterocycles. The molecule has 0 unspecified atom stereocenters. The van der Waals surface area contributed by atoms with Crippen molar-refractivity contribution in [3.8, 4) is 6.07 Å². The molecule has 1 saturated carbocycles. The van der Waals surface area contributed by atoms with Gasteiger partial charge in [0.15, 0.2) is 0 Å². The Morgan fingerprint density at radius 2 is 1.71 bits per heavy atom. The molecule has 1 aromatic carbocycles. The van der Waals surface area contributed by atoms with E-state index in [0.29, 0.717) is 11.3 Å². The lowest BCUT2D eigenvalue weighted by Gasteiger charge is -2.29. The molecule has 2 rings (SSSR count). The van der Waals surface area contributed by atoms with E-state index in [0.717, 1.165) is 0 Å². The molecule has 0 radical (unpaired) electrons. The van der Waals surface area contributed by atoms with Gasteiger partial charge >= 0.3 is 6.18 Å². The van der Waals surface area contributed by atoms with E-state index in [1.165, 1.54) is 0 Å². The van der Waals surface area contributed by atoms with E-state index in [1.54, 1.807) is 24.3 Å². The Kier molecular flexibility index (Phi) is 4.51. The lowest BCUT2D eigenvalue weighted by atomic mass is 9.81. The molecule has 1 aliphatic rings. The molecule has 0 bridgehead atoms. The molecule has 0 spiro atoms. The van der Waals surface area contributed by atoms with Crippen molar-refractivity contribution in [1.82, 2.24) is 0 Å². The lowest BCUT2D eigenvalue weighted by Crippen LogP contribution is -2.32. The van der Waals surface area contributed by atoms with Crippen LogP contribution in [0.3, 0.4) is 0 Å². The van der Waals surface area contributed by atoms with Crippen LogP contribution in [-0.2, 0) is 4.79 Å². The maximum Gasteiger partial charge on any atom is 0.391 e. The maximum atomic E-state index is 12.6. The predicted octanol–water partition coefficient (Wildman–Crippen LogP) is 3.87. The van der Waals surface area contributed by atoms with Gasteiger partial charge in [0.05, 0.1) is 17.6 Å². The first kappa shape index (κ1) is 15.4. The van der Waals surface area contributed by atoms with Crippen molar-refractivity contribution in [2.75, 3.05) is 5.32 Å². The number of amides is 1. The topological polar surface area (TPSA) is 52.9 Å². The number of nitrogens with zero attached hydrogens (tertiary/aromatic N) is 1. The van der Waals surface area contributed by atoms with Crippen molar-refractivity contribution < 1.29 is 18.0 Å². The number of rotatable bonds is 2. The predicted molar refractivity (Wildman–Crippen MR) is 71.3 cm³/mol. The third-order valence-corrected chi connectivity index (χ3v) is 3.84. The second-order valence-electron chi connectivity index (χ2n) is 5.27. The molecule has 0 aliphatic heterocycles. The number of nitrogens with one attached hydrogen (secondary N) is 1. The fourth-order valence-corrected chi connectivity index (χ4v) is 2.56. The summed E-state index contributed by atoms with van der Waals surface area (Å²) in [6.45, 7) is 0. The Labute approximate surface area is 120 Å². The average Bonchev–Trinajstić information content (AvgIpc) is 2.47. The molecule has 3 nitrogen and oxygen atoms in total. The monoisotopic (exact) mass is 296 g/mol. The fraction of sp³-hybridized carbons (Fsp3) is 0.467. The zero-order valence-electron chi connectivity index (χ0n) is 11.3. The molecule has 21 heavy (non-hydrogen) atoms. The molecule has 1 fully saturated rings. The van der Waals surface area contributed by atoms with Crippen molar-refractivity contribution in [2.24, 2.45) is 11.8 Å². The number of halogens is 3. The highest BCUT2D eigenvalue weighted by Crippen LogP contribution is 2.39. The van der Waals surface area contributed by atoms with Gasteiger partial charge in [-0.15, -0.1) is 0 Å². The standard InChI is InChI=1S/C15H15F3N2O/c16-15(17,18)12-5-3-11(4-6-12)14(21)20-13-7-1-10(9-19)2-8-13/h1-2,7-8,11-12H,3-6H2,(H,20,21). The number of carbonyl (C=O) groups is 1. The zero-order chi connectivity index (χ0) is 15.5. The third kappa shape index (κ3) is 3.97. The molecule has 0 atom stereocenters. The Morgan fingerprint density at radius 3 is 2.19 bits per heavy atom. The van der Waals surface area contributed by atoms with Crippen LogP contribution in [0.15, 0.2) is 24.3 Å². The summed E-state index contributed by atoms with van der Waals surface area (Å²) in [6.07, 6.45) is -3.63. The molecule has 6 heteroatoms. The van der Waals surface area contributed by atoms with E-state index in [4.69, 9.17) is 5.26 Å². The molecular weight excluding hydrogens is 281 g/mol. The normalized spacial score (nSPS) is 22.4. The average molecular weight is 296 g/mol. The molecular formula is C15H15F3N2O. The van der Waals surface area contributed by atoms with Gasteiger partial charge in [0.1, 0.15) is 0 Å². The summed E-state index contributed by atoms with van der Waals surface area (Å²) in [4.78, 5) is 12.0. The lowest BCUT2D eigenvalue weighted by molar-refractivity contribution is -0.184. The van der Waals surface area contributed by atoms with Crippen LogP contribution in [0, 0.1) is 23.2 Å². The Bertz CT molecular complexity index is 538. The van der Waals surface area contributed by atoms with Crippen molar-refractivity contribution in [1.29, 1.82) is 5.26 Å². The molecule has 1 amide bonds. The van der Waals surface area contributed by atoms with Crippen molar-refractivity contribution in [3.63, 3.8) is 0 Å². The van der Waals surface area contributed by atoms with Gasteiger partial charge in [0.2, 0.25) is 5.91 Å². The van der Waals surface area contributed by atoms with Gasteiger partial charge < -0.3 is 5.32 Å². The second kappa shape index (κ2) is 6.17. The quantitative estimate of drug-likeness (QED) is 0.900. The zero-order valence-corrected chi connectivity index (χ0v) is 11.3. The van der Waals surface area contributed by atoms with Crippen LogP contribution >= 0.6 is 0 Å². The summed E-state index contributed by atoms with van der Waals surface area (Å²) >= 11 is 0. The third-order valence-electron chi connectivity index (χ3n) is 3.84. The van der Waals surface area contributed by atoms with E-state index >= 15 is 0 Å². The number of anilines is 1. The van der Waals surface area contributed by atoms with Crippen LogP contribution in [0.2, 0.25) is 0 Å². The summed E-state index contributed by atoms with van der Waals surface area (Å²) in [7, 11) is 0. The van der Waals surface area contributed by atoms with E-state index < -0.39 is 12.1 Å².